The number of nitrogens with zero attached hydrogens (tertiary/aromatic N) is 6. The van der Waals surface area contributed by atoms with Gasteiger partial charge in [0.15, 0.2) is 5.79 Å². The third kappa shape index (κ3) is 3.74. The van der Waals surface area contributed by atoms with Crippen LogP contribution in [0.4, 0.5) is 10.6 Å². The van der Waals surface area contributed by atoms with Crippen molar-refractivity contribution in [1.82, 2.24) is 14.9 Å². The molecule has 2 saturated heterocycles. The molecule has 1 aromatic rings. The number of carbonyl (C=O) groups excluding carboxylic acids is 1. The van der Waals surface area contributed by atoms with Crippen molar-refractivity contribution in [2.24, 2.45) is 5.11 Å². The van der Waals surface area contributed by atoms with Crippen molar-refractivity contribution < 1.29 is 24.1 Å². The minimum atomic E-state index is -0.870. The smallest absolute Gasteiger partial charge is 0.411 e. The number of aromatic nitrogens is 2. The molecule has 0 radical (unpaired) electrons. The molecule has 1 aliphatic carbocycles. The van der Waals surface area contributed by atoms with Crippen LogP contribution in [0.1, 0.15) is 45.9 Å². The fourth-order valence-electron chi connectivity index (χ4n) is 4.50. The summed E-state index contributed by atoms with van der Waals surface area (Å²) in [7, 11) is 0. The lowest BCUT2D eigenvalue weighted by Crippen LogP contribution is -2.50. The maximum atomic E-state index is 13.2. The predicted molar refractivity (Wildman–Crippen MR) is 109 cm³/mol. The molecule has 0 aromatic carbocycles. The molecule has 3 aliphatic rings. The molecule has 0 bridgehead atoms. The summed E-state index contributed by atoms with van der Waals surface area (Å²) in [6.45, 7) is 8.63. The second-order valence-corrected chi connectivity index (χ2v) is 9.22. The van der Waals surface area contributed by atoms with Gasteiger partial charge in [-0.3, -0.25) is 4.90 Å². The van der Waals surface area contributed by atoms with Crippen molar-refractivity contribution >= 4 is 17.5 Å². The lowest BCUT2D eigenvalue weighted by atomic mass is 9.99. The van der Waals surface area contributed by atoms with Gasteiger partial charge in [-0.2, -0.15) is 0 Å². The summed E-state index contributed by atoms with van der Waals surface area (Å²) >= 11 is 0. The molecule has 1 amide bonds. The van der Waals surface area contributed by atoms with Crippen LogP contribution in [0.25, 0.3) is 16.0 Å². The topological polar surface area (TPSA) is 143 Å². The zero-order chi connectivity index (χ0) is 22.6. The second kappa shape index (κ2) is 7.45. The number of carbonyl (C=O) groups is 1. The largest absolute Gasteiger partial charge is 0.444 e. The van der Waals surface area contributed by atoms with Gasteiger partial charge in [-0.15, -0.1) is 0 Å². The van der Waals surface area contributed by atoms with Crippen LogP contribution in [0.2, 0.25) is 0 Å². The zero-order valence-corrected chi connectivity index (χ0v) is 18.1. The van der Waals surface area contributed by atoms with Crippen LogP contribution >= 0.6 is 0 Å². The van der Waals surface area contributed by atoms with Gasteiger partial charge < -0.3 is 19.3 Å². The molecule has 1 aromatic heterocycles. The van der Waals surface area contributed by atoms with E-state index < -0.39 is 41.8 Å². The van der Waals surface area contributed by atoms with Gasteiger partial charge in [-0.05, 0) is 57.3 Å². The van der Waals surface area contributed by atoms with E-state index in [1.807, 2.05) is 6.08 Å². The van der Waals surface area contributed by atoms with Gasteiger partial charge in [0.25, 0.3) is 0 Å². The van der Waals surface area contributed by atoms with Crippen LogP contribution in [0.5, 0.6) is 0 Å². The highest BCUT2D eigenvalue weighted by atomic mass is 16.8. The van der Waals surface area contributed by atoms with Crippen LogP contribution < -0.4 is 0 Å². The number of rotatable bonds is 3. The van der Waals surface area contributed by atoms with Crippen LogP contribution in [-0.4, -0.2) is 68.4 Å². The number of aliphatic hydroxyl groups excluding tert-OH is 1. The van der Waals surface area contributed by atoms with E-state index >= 15 is 0 Å². The maximum Gasteiger partial charge on any atom is 0.411 e. The quantitative estimate of drug-likeness (QED) is 0.441. The summed E-state index contributed by atoms with van der Waals surface area (Å²) in [6.07, 6.45) is 2.05. The Kier molecular flexibility index (Phi) is 5.17. The average Bonchev–Trinajstić information content (AvgIpc) is 3.29. The molecule has 2 aliphatic heterocycles. The molecular weight excluding hydrogens is 404 g/mol. The fourth-order valence-corrected chi connectivity index (χ4v) is 4.50. The summed E-state index contributed by atoms with van der Waals surface area (Å²) in [4.78, 5) is 26.0. The van der Waals surface area contributed by atoms with Gasteiger partial charge in [-0.25, -0.2) is 14.8 Å². The molecule has 3 heterocycles. The van der Waals surface area contributed by atoms with Crippen molar-refractivity contribution in [2.75, 3.05) is 6.61 Å². The number of allylic oxidation sites excluding steroid dienone is 1. The van der Waals surface area contributed by atoms with Crippen molar-refractivity contribution in [1.29, 1.82) is 0 Å². The number of amides is 1. The summed E-state index contributed by atoms with van der Waals surface area (Å²) in [5, 5.41) is 13.8. The van der Waals surface area contributed by atoms with E-state index in [4.69, 9.17) is 19.7 Å². The van der Waals surface area contributed by atoms with Crippen molar-refractivity contribution in [2.45, 2.75) is 76.7 Å². The first-order chi connectivity index (χ1) is 14.6. The number of hydrogen-bond acceptors (Lipinski definition) is 8. The molecule has 11 nitrogen and oxygen atoms in total. The summed E-state index contributed by atoms with van der Waals surface area (Å²) < 4.78 is 17.9. The first-order valence-corrected chi connectivity index (χ1v) is 10.1. The number of ether oxygens (including phenoxy) is 3. The Hall–Kier alpha value is -2.72. The number of likely N-dealkylation sites (tertiary alicyclic amines) is 1. The molecular formula is C20H26N6O5. The van der Waals surface area contributed by atoms with E-state index in [-0.39, 0.29) is 12.4 Å². The summed E-state index contributed by atoms with van der Waals surface area (Å²) in [5.74, 6) is -0.620. The molecule has 4 atom stereocenters. The highest BCUT2D eigenvalue weighted by molar-refractivity contribution is 5.82. The first kappa shape index (κ1) is 21.5. The molecule has 0 unspecified atom stereocenters. The predicted octanol–water partition coefficient (Wildman–Crippen LogP) is 2.86. The maximum absolute atomic E-state index is 13.2. The molecule has 0 saturated carbocycles. The molecule has 0 spiro atoms. The number of fused-ring (bicyclic) bond motifs is 2. The number of azide groups is 1. The van der Waals surface area contributed by atoms with Gasteiger partial charge in [0.2, 0.25) is 0 Å². The Balaban J connectivity index is 1.79. The molecule has 11 heteroatoms. The molecule has 1 N–H and O–H groups in total. The zero-order valence-electron chi connectivity index (χ0n) is 18.1. The normalized spacial score (nSPS) is 28.6. The monoisotopic (exact) mass is 430 g/mol. The SMILES string of the molecule is CC(C)(C)OC(=O)N1[C@H](CO)[C@H]2OC(C)(C)O[C@H]2[C@@H]1C1=CCc2c(N=[N+]=[N-])ncnc21. The van der Waals surface area contributed by atoms with Crippen LogP contribution in [0.15, 0.2) is 17.5 Å². The third-order valence-electron chi connectivity index (χ3n) is 5.48. The highest BCUT2D eigenvalue weighted by Gasteiger charge is 2.61. The first-order valence-electron chi connectivity index (χ1n) is 10.1. The Morgan fingerprint density at radius 3 is 2.74 bits per heavy atom. The van der Waals surface area contributed by atoms with E-state index in [1.165, 1.54) is 11.2 Å². The Bertz CT molecular complexity index is 981. The van der Waals surface area contributed by atoms with Gasteiger partial charge in [-0.1, -0.05) is 6.08 Å². The Morgan fingerprint density at radius 2 is 2.10 bits per heavy atom. The second-order valence-electron chi connectivity index (χ2n) is 9.22. The summed E-state index contributed by atoms with van der Waals surface area (Å²) in [6, 6.07) is -1.26. The Morgan fingerprint density at radius 1 is 1.39 bits per heavy atom. The van der Waals surface area contributed by atoms with Gasteiger partial charge in [0.1, 0.15) is 30.0 Å². The standard InChI is InChI=1S/C20H26N6O5/c1-19(2,3)31-18(28)26-12(8-27)15-16(30-20(4,5)29-15)14(26)10-6-7-11-13(10)22-9-23-17(11)24-25-21/h6,9,12,14-16,27H,7-8H2,1-5H3/t12-,14+,15-,16+/m1/s1. The highest BCUT2D eigenvalue weighted by Crippen LogP contribution is 2.47. The molecule has 31 heavy (non-hydrogen) atoms. The van der Waals surface area contributed by atoms with Crippen molar-refractivity contribution in [3.05, 3.63) is 34.1 Å². The van der Waals surface area contributed by atoms with Gasteiger partial charge in [0.05, 0.1) is 24.4 Å². The van der Waals surface area contributed by atoms with Crippen molar-refractivity contribution in [3.8, 4) is 0 Å². The van der Waals surface area contributed by atoms with E-state index in [9.17, 15) is 9.90 Å². The average molecular weight is 430 g/mol. The van der Waals surface area contributed by atoms with Crippen LogP contribution in [0, 0.1) is 0 Å². The minimum absolute atomic E-state index is 0.250. The minimum Gasteiger partial charge on any atom is -0.444 e. The van der Waals surface area contributed by atoms with Gasteiger partial charge >= 0.3 is 6.09 Å². The van der Waals surface area contributed by atoms with E-state index in [1.54, 1.807) is 34.6 Å². The number of hydrogen-bond donors (Lipinski definition) is 1. The van der Waals surface area contributed by atoms with E-state index in [0.29, 0.717) is 17.7 Å². The molecule has 2 fully saturated rings. The van der Waals surface area contributed by atoms with Crippen LogP contribution in [0.3, 0.4) is 0 Å². The van der Waals surface area contributed by atoms with Crippen molar-refractivity contribution in [3.63, 3.8) is 0 Å². The third-order valence-corrected chi connectivity index (χ3v) is 5.48. The fraction of sp³-hybridized carbons (Fsp3) is 0.650. The van der Waals surface area contributed by atoms with E-state index in [2.05, 4.69) is 20.0 Å². The number of aliphatic hydroxyl groups is 1. The Labute approximate surface area is 179 Å². The lowest BCUT2D eigenvalue weighted by Gasteiger charge is -2.35. The summed E-state index contributed by atoms with van der Waals surface area (Å²) in [5.41, 5.74) is 10.1. The lowest BCUT2D eigenvalue weighted by molar-refractivity contribution is -0.165. The van der Waals surface area contributed by atoms with Gasteiger partial charge in [0, 0.05) is 10.5 Å². The van der Waals surface area contributed by atoms with E-state index in [0.717, 1.165) is 5.57 Å². The molecule has 166 valence electrons. The molecule has 4 rings (SSSR count). The van der Waals surface area contributed by atoms with Crippen LogP contribution in [-0.2, 0) is 20.6 Å².